The van der Waals surface area contributed by atoms with Crippen LogP contribution in [-0.4, -0.2) is 87.4 Å². The summed E-state index contributed by atoms with van der Waals surface area (Å²) in [6, 6.07) is 0. The van der Waals surface area contributed by atoms with Crippen LogP contribution < -0.4 is 0 Å². The zero-order valence-electron chi connectivity index (χ0n) is 51.6. The largest absolute Gasteiger partial charge is 0.477 e. The molecule has 1 N–H and O–H groups in total. The molecule has 0 aromatic carbocycles. The first-order valence-corrected chi connectivity index (χ1v) is 32.6. The predicted octanol–water partition coefficient (Wildman–Crippen LogP) is 19.7. The normalized spacial score (nSPS) is 13.2. The molecular weight excluding hydrogens is 971 g/mol. The number of nitrogens with zero attached hydrogens (tertiary/aromatic N) is 1. The summed E-state index contributed by atoms with van der Waals surface area (Å²) < 4.78 is 23.0. The molecule has 0 aliphatic carbocycles. The van der Waals surface area contributed by atoms with E-state index in [4.69, 9.17) is 18.9 Å². The van der Waals surface area contributed by atoms with Gasteiger partial charge in [0.1, 0.15) is 13.2 Å². The van der Waals surface area contributed by atoms with E-state index < -0.39 is 24.3 Å². The number of ether oxygens (including phenoxy) is 4. The number of esters is 2. The molecule has 78 heavy (non-hydrogen) atoms. The van der Waals surface area contributed by atoms with Gasteiger partial charge in [0.05, 0.1) is 34.4 Å². The Bertz CT molecular complexity index is 1510. The van der Waals surface area contributed by atoms with Gasteiger partial charge in [-0.25, -0.2) is 4.79 Å². The maximum atomic E-state index is 12.9. The highest BCUT2D eigenvalue weighted by molar-refractivity contribution is 5.71. The van der Waals surface area contributed by atoms with Gasteiger partial charge < -0.3 is 28.5 Å². The third kappa shape index (κ3) is 60.4. The number of carbonyl (C=O) groups excluding carboxylic acids is 2. The average Bonchev–Trinajstić information content (AvgIpc) is 3.41. The monoisotopic (exact) mass is 1090 g/mol. The topological polar surface area (TPSA) is 108 Å². The highest BCUT2D eigenvalue weighted by Crippen LogP contribution is 2.18. The molecule has 0 rings (SSSR count). The van der Waals surface area contributed by atoms with Crippen LogP contribution in [-0.2, 0) is 33.3 Å². The molecule has 0 saturated heterocycles. The van der Waals surface area contributed by atoms with E-state index >= 15 is 0 Å². The van der Waals surface area contributed by atoms with Gasteiger partial charge >= 0.3 is 17.9 Å². The van der Waals surface area contributed by atoms with Gasteiger partial charge in [-0.05, 0) is 64.2 Å². The van der Waals surface area contributed by atoms with Gasteiger partial charge in [-0.2, -0.15) is 0 Å². The van der Waals surface area contributed by atoms with Gasteiger partial charge in [0.25, 0.3) is 6.29 Å². The second-order valence-corrected chi connectivity index (χ2v) is 23.1. The lowest BCUT2D eigenvalue weighted by molar-refractivity contribution is -0.870. The van der Waals surface area contributed by atoms with E-state index in [9.17, 15) is 19.5 Å². The van der Waals surface area contributed by atoms with Gasteiger partial charge in [0, 0.05) is 12.8 Å². The van der Waals surface area contributed by atoms with Gasteiger partial charge in [-0.1, -0.05) is 286 Å². The van der Waals surface area contributed by atoms with E-state index in [2.05, 4.69) is 86.8 Å². The standard InChI is InChI=1S/C69H123NO8/c1-6-8-10-12-14-16-18-20-22-24-26-28-30-32-33-34-35-36-38-40-42-44-46-48-50-52-54-56-58-60-67(72)78-65(64-77-69(68(73)74)75-62-61-70(3,4)5)63-76-66(71)59-57-55-53-51-49-47-45-43-41-39-37-31-29-27-25-23-21-19-17-15-13-11-9-7-2/h8,10,14,16,20,22,26,28,32-33,35-36,65,69H,6-7,9,11-13,15,17-19,21,23-25,27,29-31,34,37-64H2,1-5H3/p+1/b10-8-,16-14-,22-20-,28-26-,33-32-,36-35-. The number of unbranched alkanes of at least 4 members (excludes halogenated alkanes) is 33. The van der Waals surface area contributed by atoms with Crippen LogP contribution in [0.3, 0.4) is 0 Å². The number of likely N-dealkylation sites (N-methyl/N-ethyl adjacent to an activating group) is 1. The molecule has 0 aliphatic heterocycles. The Balaban J connectivity index is 4.18. The Morgan fingerprint density at radius 2 is 0.731 bits per heavy atom. The van der Waals surface area contributed by atoms with Gasteiger partial charge in [-0.15, -0.1) is 0 Å². The van der Waals surface area contributed by atoms with E-state index in [1.807, 2.05) is 21.1 Å². The number of carboxylic acids is 1. The third-order valence-corrected chi connectivity index (χ3v) is 14.2. The zero-order valence-corrected chi connectivity index (χ0v) is 51.6. The number of carboxylic acid groups (broad SMARTS) is 1. The van der Waals surface area contributed by atoms with Crippen LogP contribution in [0.5, 0.6) is 0 Å². The number of hydrogen-bond acceptors (Lipinski definition) is 7. The van der Waals surface area contributed by atoms with E-state index in [1.165, 1.54) is 173 Å². The van der Waals surface area contributed by atoms with Crippen molar-refractivity contribution in [1.82, 2.24) is 0 Å². The molecule has 0 heterocycles. The molecule has 0 fully saturated rings. The van der Waals surface area contributed by atoms with Crippen LogP contribution in [0.25, 0.3) is 0 Å². The molecule has 0 aromatic heterocycles. The van der Waals surface area contributed by atoms with Crippen molar-refractivity contribution in [3.05, 3.63) is 72.9 Å². The van der Waals surface area contributed by atoms with Crippen molar-refractivity contribution in [3.8, 4) is 0 Å². The molecule has 9 nitrogen and oxygen atoms in total. The molecule has 2 atom stereocenters. The molecule has 9 heteroatoms. The Morgan fingerprint density at radius 1 is 0.397 bits per heavy atom. The highest BCUT2D eigenvalue weighted by atomic mass is 16.7. The third-order valence-electron chi connectivity index (χ3n) is 14.2. The fourth-order valence-corrected chi connectivity index (χ4v) is 9.26. The molecule has 0 aromatic rings. The first-order chi connectivity index (χ1) is 38.1. The van der Waals surface area contributed by atoms with Gasteiger partial charge in [-0.3, -0.25) is 9.59 Å². The fraction of sp³-hybridized carbons (Fsp3) is 0.783. The Labute approximate surface area is 481 Å². The van der Waals surface area contributed by atoms with Gasteiger partial charge in [0.2, 0.25) is 0 Å². The first kappa shape index (κ1) is 74.7. The quantitative estimate of drug-likeness (QED) is 0.0211. The smallest absolute Gasteiger partial charge is 0.361 e. The summed E-state index contributed by atoms with van der Waals surface area (Å²) >= 11 is 0. The number of aliphatic carboxylic acids is 1. The minimum atomic E-state index is -1.51. The van der Waals surface area contributed by atoms with E-state index in [-0.39, 0.29) is 32.2 Å². The number of hydrogen-bond donors (Lipinski definition) is 1. The van der Waals surface area contributed by atoms with Crippen molar-refractivity contribution < 1.29 is 42.9 Å². The number of quaternary nitrogens is 1. The van der Waals surface area contributed by atoms with Crippen molar-refractivity contribution >= 4 is 17.9 Å². The summed E-state index contributed by atoms with van der Waals surface area (Å²) in [6.07, 6.45) is 75.6. The molecule has 452 valence electrons. The zero-order chi connectivity index (χ0) is 56.9. The van der Waals surface area contributed by atoms with Crippen molar-refractivity contribution in [2.75, 3.05) is 47.5 Å². The lowest BCUT2D eigenvalue weighted by Gasteiger charge is -2.25. The SMILES string of the molecule is CC/C=C\C/C=C\C/C=C\C/C=C\C/C=C\C/C=C\CCCCCCCCCCCCC(=O)OC(COC(=O)CCCCCCCCCCCCCCCCCCCCCCCCCC)COC(OCC[N+](C)(C)C)C(=O)O. The summed E-state index contributed by atoms with van der Waals surface area (Å²) in [4.78, 5) is 37.6. The van der Waals surface area contributed by atoms with E-state index in [0.29, 0.717) is 23.9 Å². The van der Waals surface area contributed by atoms with Crippen LogP contribution in [0.2, 0.25) is 0 Å². The van der Waals surface area contributed by atoms with Crippen molar-refractivity contribution in [2.24, 2.45) is 0 Å². The minimum Gasteiger partial charge on any atom is -0.477 e. The van der Waals surface area contributed by atoms with Gasteiger partial charge in [0.15, 0.2) is 6.10 Å². The van der Waals surface area contributed by atoms with Crippen LogP contribution in [0.15, 0.2) is 72.9 Å². The summed E-state index contributed by atoms with van der Waals surface area (Å²) in [7, 11) is 5.98. The minimum absolute atomic E-state index is 0.183. The van der Waals surface area contributed by atoms with Crippen LogP contribution in [0, 0.1) is 0 Å². The van der Waals surface area contributed by atoms with Crippen molar-refractivity contribution in [2.45, 2.75) is 302 Å². The molecule has 2 unspecified atom stereocenters. The maximum Gasteiger partial charge on any atom is 0.361 e. The number of carbonyl (C=O) groups is 3. The first-order valence-electron chi connectivity index (χ1n) is 32.6. The number of rotatable bonds is 60. The summed E-state index contributed by atoms with van der Waals surface area (Å²) in [5.41, 5.74) is 0. The molecule has 0 radical (unpaired) electrons. The van der Waals surface area contributed by atoms with Crippen LogP contribution >= 0.6 is 0 Å². The molecule has 0 saturated carbocycles. The summed E-state index contributed by atoms with van der Waals surface area (Å²) in [5.74, 6) is -2.00. The second-order valence-electron chi connectivity index (χ2n) is 23.1. The molecule has 0 spiro atoms. The molecular formula is C69H124NO8+. The van der Waals surface area contributed by atoms with E-state index in [0.717, 1.165) is 83.5 Å². The van der Waals surface area contributed by atoms with Crippen LogP contribution in [0.1, 0.15) is 290 Å². The highest BCUT2D eigenvalue weighted by Gasteiger charge is 2.25. The van der Waals surface area contributed by atoms with Crippen molar-refractivity contribution in [3.63, 3.8) is 0 Å². The summed E-state index contributed by atoms with van der Waals surface area (Å²) in [6.45, 7) is 4.80. The Morgan fingerprint density at radius 3 is 1.09 bits per heavy atom. The van der Waals surface area contributed by atoms with Crippen molar-refractivity contribution in [1.29, 1.82) is 0 Å². The lowest BCUT2D eigenvalue weighted by atomic mass is 10.0. The predicted molar refractivity (Wildman–Crippen MR) is 332 cm³/mol. The lowest BCUT2D eigenvalue weighted by Crippen LogP contribution is -2.40. The molecule has 0 bridgehead atoms. The number of allylic oxidation sites excluding steroid dienone is 12. The Kier molecular flexibility index (Phi) is 57.3. The molecule has 0 amide bonds. The van der Waals surface area contributed by atoms with E-state index in [1.54, 1.807) is 0 Å². The Hall–Kier alpha value is -3.27. The maximum absolute atomic E-state index is 12.9. The van der Waals surface area contributed by atoms with Crippen LogP contribution in [0.4, 0.5) is 0 Å². The second kappa shape index (κ2) is 59.8. The average molecular weight is 1100 g/mol. The fourth-order valence-electron chi connectivity index (χ4n) is 9.26. The summed E-state index contributed by atoms with van der Waals surface area (Å²) in [5, 5.41) is 9.73. The molecule has 0 aliphatic rings.